The standard InChI is InChI=1S/C13H19NO4/c1-9-3-12-13(18-8-17-12)4-10(9)5-14(2)11(6-15)7-16/h3-4,11,15-16H,5-8H2,1-2H3. The quantitative estimate of drug-likeness (QED) is 0.800. The molecular weight excluding hydrogens is 234 g/mol. The van der Waals surface area contributed by atoms with Gasteiger partial charge in [0.25, 0.3) is 0 Å². The molecule has 0 fully saturated rings. The van der Waals surface area contributed by atoms with Gasteiger partial charge in [-0.15, -0.1) is 0 Å². The second kappa shape index (κ2) is 5.56. The lowest BCUT2D eigenvalue weighted by Crippen LogP contribution is -2.37. The van der Waals surface area contributed by atoms with E-state index in [0.29, 0.717) is 6.54 Å². The number of aliphatic hydroxyl groups excluding tert-OH is 2. The highest BCUT2D eigenvalue weighted by Gasteiger charge is 2.18. The van der Waals surface area contributed by atoms with Crippen molar-refractivity contribution in [2.24, 2.45) is 0 Å². The third-order valence-corrected chi connectivity index (χ3v) is 3.30. The molecule has 1 aliphatic rings. The summed E-state index contributed by atoms with van der Waals surface area (Å²) in [7, 11) is 1.88. The van der Waals surface area contributed by atoms with Crippen molar-refractivity contribution >= 4 is 0 Å². The van der Waals surface area contributed by atoms with Crippen molar-refractivity contribution in [2.45, 2.75) is 19.5 Å². The number of aryl methyl sites for hydroxylation is 1. The Morgan fingerprint density at radius 3 is 2.44 bits per heavy atom. The Balaban J connectivity index is 2.14. The van der Waals surface area contributed by atoms with Crippen LogP contribution in [0.1, 0.15) is 11.1 Å². The van der Waals surface area contributed by atoms with Gasteiger partial charge in [0.05, 0.1) is 19.3 Å². The minimum Gasteiger partial charge on any atom is -0.454 e. The number of fused-ring (bicyclic) bond motifs is 1. The summed E-state index contributed by atoms with van der Waals surface area (Å²) in [6.45, 7) is 2.81. The maximum Gasteiger partial charge on any atom is 0.231 e. The van der Waals surface area contributed by atoms with Crippen LogP contribution in [0.4, 0.5) is 0 Å². The van der Waals surface area contributed by atoms with Crippen molar-refractivity contribution in [3.8, 4) is 11.5 Å². The van der Waals surface area contributed by atoms with Crippen LogP contribution in [0.5, 0.6) is 11.5 Å². The topological polar surface area (TPSA) is 62.2 Å². The highest BCUT2D eigenvalue weighted by molar-refractivity contribution is 5.48. The largest absolute Gasteiger partial charge is 0.454 e. The Labute approximate surface area is 107 Å². The minimum atomic E-state index is -0.241. The summed E-state index contributed by atoms with van der Waals surface area (Å²) in [5.41, 5.74) is 2.22. The van der Waals surface area contributed by atoms with E-state index in [0.717, 1.165) is 22.6 Å². The Morgan fingerprint density at radius 1 is 1.22 bits per heavy atom. The molecule has 5 heteroatoms. The van der Waals surface area contributed by atoms with Gasteiger partial charge < -0.3 is 19.7 Å². The number of rotatable bonds is 5. The SMILES string of the molecule is Cc1cc2c(cc1CN(C)C(CO)CO)OCO2. The van der Waals surface area contributed by atoms with Gasteiger partial charge in [-0.25, -0.2) is 0 Å². The number of benzene rings is 1. The van der Waals surface area contributed by atoms with Gasteiger partial charge in [0, 0.05) is 6.54 Å². The van der Waals surface area contributed by atoms with E-state index >= 15 is 0 Å². The zero-order chi connectivity index (χ0) is 13.1. The summed E-state index contributed by atoms with van der Waals surface area (Å²) in [6.07, 6.45) is 0. The first-order chi connectivity index (χ1) is 8.65. The van der Waals surface area contributed by atoms with Gasteiger partial charge in [-0.1, -0.05) is 0 Å². The number of aliphatic hydroxyl groups is 2. The molecule has 0 saturated heterocycles. The predicted octanol–water partition coefficient (Wildman–Crippen LogP) is 0.509. The number of nitrogens with zero attached hydrogens (tertiary/aromatic N) is 1. The maximum atomic E-state index is 9.15. The van der Waals surface area contributed by atoms with Crippen LogP contribution in [0.25, 0.3) is 0 Å². The molecule has 100 valence electrons. The molecule has 0 amide bonds. The van der Waals surface area contributed by atoms with Crippen LogP contribution in [0.15, 0.2) is 12.1 Å². The molecule has 0 spiro atoms. The van der Waals surface area contributed by atoms with Gasteiger partial charge in [-0.2, -0.15) is 0 Å². The molecule has 1 aromatic rings. The lowest BCUT2D eigenvalue weighted by molar-refractivity contribution is 0.0872. The van der Waals surface area contributed by atoms with Gasteiger partial charge in [0.1, 0.15) is 0 Å². The summed E-state index contributed by atoms with van der Waals surface area (Å²) in [4.78, 5) is 1.92. The summed E-state index contributed by atoms with van der Waals surface area (Å²) in [5, 5.41) is 18.3. The number of likely N-dealkylation sites (N-methyl/N-ethyl adjacent to an activating group) is 1. The van der Waals surface area contributed by atoms with Crippen LogP contribution in [0.3, 0.4) is 0 Å². The van der Waals surface area contributed by atoms with Gasteiger partial charge in [-0.3, -0.25) is 4.90 Å². The van der Waals surface area contributed by atoms with E-state index in [4.69, 9.17) is 19.7 Å². The minimum absolute atomic E-state index is 0.0589. The first kappa shape index (κ1) is 13.1. The van der Waals surface area contributed by atoms with E-state index in [2.05, 4.69) is 0 Å². The number of hydrogen-bond donors (Lipinski definition) is 2. The summed E-state index contributed by atoms with van der Waals surface area (Å²) < 4.78 is 10.7. The molecule has 2 rings (SSSR count). The van der Waals surface area contributed by atoms with E-state index in [9.17, 15) is 0 Å². The molecule has 1 aromatic carbocycles. The molecule has 18 heavy (non-hydrogen) atoms. The van der Waals surface area contributed by atoms with Crippen molar-refractivity contribution in [1.29, 1.82) is 0 Å². The van der Waals surface area contributed by atoms with Crippen molar-refractivity contribution in [2.75, 3.05) is 27.1 Å². The van der Waals surface area contributed by atoms with Crippen LogP contribution in [-0.4, -0.2) is 48.2 Å². The second-order valence-corrected chi connectivity index (χ2v) is 4.57. The van der Waals surface area contributed by atoms with E-state index in [-0.39, 0.29) is 26.0 Å². The van der Waals surface area contributed by atoms with E-state index < -0.39 is 0 Å². The molecule has 0 aromatic heterocycles. The fourth-order valence-electron chi connectivity index (χ4n) is 1.99. The van der Waals surface area contributed by atoms with Crippen molar-refractivity contribution < 1.29 is 19.7 Å². The molecule has 0 unspecified atom stereocenters. The molecule has 1 heterocycles. The normalized spacial score (nSPS) is 13.7. The first-order valence-corrected chi connectivity index (χ1v) is 5.96. The summed E-state index contributed by atoms with van der Waals surface area (Å²) in [5.74, 6) is 1.54. The maximum absolute atomic E-state index is 9.15. The second-order valence-electron chi connectivity index (χ2n) is 4.57. The summed E-state index contributed by atoms with van der Waals surface area (Å²) >= 11 is 0. The average Bonchev–Trinajstić information content (AvgIpc) is 2.78. The van der Waals surface area contributed by atoms with E-state index in [1.54, 1.807) is 0 Å². The molecule has 0 atom stereocenters. The van der Waals surface area contributed by atoms with Gasteiger partial charge in [0.15, 0.2) is 11.5 Å². The molecule has 2 N–H and O–H groups in total. The van der Waals surface area contributed by atoms with Crippen molar-refractivity contribution in [3.63, 3.8) is 0 Å². The van der Waals surface area contributed by atoms with Crippen molar-refractivity contribution in [3.05, 3.63) is 23.3 Å². The summed E-state index contributed by atoms with van der Waals surface area (Å²) in [6, 6.07) is 3.67. The Hall–Kier alpha value is -1.30. The number of ether oxygens (including phenoxy) is 2. The Kier molecular flexibility index (Phi) is 4.06. The van der Waals surface area contributed by atoms with Gasteiger partial charge >= 0.3 is 0 Å². The first-order valence-electron chi connectivity index (χ1n) is 5.96. The van der Waals surface area contributed by atoms with Crippen LogP contribution in [0, 0.1) is 6.92 Å². The molecule has 5 nitrogen and oxygen atoms in total. The van der Waals surface area contributed by atoms with Crippen LogP contribution < -0.4 is 9.47 Å². The zero-order valence-electron chi connectivity index (χ0n) is 10.7. The lowest BCUT2D eigenvalue weighted by atomic mass is 10.1. The highest BCUT2D eigenvalue weighted by Crippen LogP contribution is 2.34. The molecule has 1 aliphatic heterocycles. The Bertz CT molecular complexity index is 418. The smallest absolute Gasteiger partial charge is 0.231 e. The van der Waals surface area contributed by atoms with E-state index in [1.807, 2.05) is 31.0 Å². The van der Waals surface area contributed by atoms with Gasteiger partial charge in [-0.05, 0) is 37.2 Å². The predicted molar refractivity (Wildman–Crippen MR) is 66.7 cm³/mol. The molecule has 0 radical (unpaired) electrons. The fraction of sp³-hybridized carbons (Fsp3) is 0.538. The Morgan fingerprint density at radius 2 is 1.83 bits per heavy atom. The van der Waals surface area contributed by atoms with Crippen LogP contribution >= 0.6 is 0 Å². The van der Waals surface area contributed by atoms with E-state index in [1.165, 1.54) is 0 Å². The third kappa shape index (κ3) is 2.58. The van der Waals surface area contributed by atoms with Crippen molar-refractivity contribution in [1.82, 2.24) is 4.90 Å². The molecular formula is C13H19NO4. The fourth-order valence-corrected chi connectivity index (χ4v) is 1.99. The lowest BCUT2D eigenvalue weighted by Gasteiger charge is -2.25. The monoisotopic (exact) mass is 253 g/mol. The van der Waals surface area contributed by atoms with Gasteiger partial charge in [0.2, 0.25) is 6.79 Å². The molecule has 0 aliphatic carbocycles. The molecule has 0 bridgehead atoms. The average molecular weight is 253 g/mol. The zero-order valence-corrected chi connectivity index (χ0v) is 10.7. The van der Waals surface area contributed by atoms with Crippen LogP contribution in [0.2, 0.25) is 0 Å². The molecule has 0 saturated carbocycles. The third-order valence-electron chi connectivity index (χ3n) is 3.30. The highest BCUT2D eigenvalue weighted by atomic mass is 16.7. The van der Waals surface area contributed by atoms with Crippen LogP contribution in [-0.2, 0) is 6.54 Å². The number of hydrogen-bond acceptors (Lipinski definition) is 5.